The van der Waals surface area contributed by atoms with E-state index < -0.39 is 12.0 Å². The number of nitrogens with zero attached hydrogens (tertiary/aromatic N) is 1. The van der Waals surface area contributed by atoms with Crippen LogP contribution in [0.15, 0.2) is 18.5 Å². The van der Waals surface area contributed by atoms with Gasteiger partial charge in [-0.1, -0.05) is 20.8 Å². The van der Waals surface area contributed by atoms with Crippen molar-refractivity contribution < 1.29 is 19.4 Å². The maximum absolute atomic E-state index is 11.6. The van der Waals surface area contributed by atoms with E-state index >= 15 is 0 Å². The second-order valence-corrected chi connectivity index (χ2v) is 6.40. The Kier molecular flexibility index (Phi) is 7.31. The lowest BCUT2D eigenvalue weighted by Crippen LogP contribution is -2.36. The monoisotopic (exact) mass is 323 g/mol. The Hall–Kier alpha value is -2.31. The molecule has 0 radical (unpaired) electrons. The summed E-state index contributed by atoms with van der Waals surface area (Å²) in [7, 11) is 0. The summed E-state index contributed by atoms with van der Waals surface area (Å²) in [5, 5.41) is 13.7. The highest BCUT2D eigenvalue weighted by Gasteiger charge is 2.11. The van der Waals surface area contributed by atoms with E-state index in [2.05, 4.69) is 36.4 Å². The van der Waals surface area contributed by atoms with Gasteiger partial charge >= 0.3 is 12.0 Å². The minimum atomic E-state index is -0.950. The van der Waals surface area contributed by atoms with Crippen LogP contribution in [0.2, 0.25) is 0 Å². The van der Waals surface area contributed by atoms with E-state index in [0.29, 0.717) is 12.4 Å². The van der Waals surface area contributed by atoms with Gasteiger partial charge in [0.2, 0.25) is 0 Å². The minimum Gasteiger partial charge on any atom is -0.492 e. The SMILES string of the molecule is CC(C)(C)CCOc1cnccc1CNC(=O)NCCC(=O)O. The maximum Gasteiger partial charge on any atom is 0.315 e. The quantitative estimate of drug-likeness (QED) is 0.681. The van der Waals surface area contributed by atoms with Crippen LogP contribution in [0.25, 0.3) is 0 Å². The number of carboxylic acid groups (broad SMARTS) is 1. The number of aliphatic carboxylic acids is 1. The van der Waals surface area contributed by atoms with Crippen LogP contribution in [0, 0.1) is 5.41 Å². The summed E-state index contributed by atoms with van der Waals surface area (Å²) in [6.07, 6.45) is 4.06. The first-order chi connectivity index (χ1) is 10.8. The van der Waals surface area contributed by atoms with E-state index in [9.17, 15) is 9.59 Å². The smallest absolute Gasteiger partial charge is 0.315 e. The van der Waals surface area contributed by atoms with Gasteiger partial charge in [0, 0.05) is 24.8 Å². The summed E-state index contributed by atoms with van der Waals surface area (Å²) in [6, 6.07) is 1.37. The largest absolute Gasteiger partial charge is 0.492 e. The third-order valence-corrected chi connectivity index (χ3v) is 3.04. The molecule has 0 saturated carbocycles. The number of carboxylic acids is 1. The van der Waals surface area contributed by atoms with Crippen LogP contribution < -0.4 is 15.4 Å². The highest BCUT2D eigenvalue weighted by molar-refractivity contribution is 5.75. The molecule has 0 atom stereocenters. The number of pyridine rings is 1. The topological polar surface area (TPSA) is 101 Å². The number of nitrogens with one attached hydrogen (secondary N) is 2. The van der Waals surface area contributed by atoms with Crippen LogP contribution in [-0.2, 0) is 11.3 Å². The molecule has 1 rings (SSSR count). The number of carbonyl (C=O) groups excluding carboxylic acids is 1. The van der Waals surface area contributed by atoms with Gasteiger partial charge in [0.25, 0.3) is 0 Å². The molecule has 3 N–H and O–H groups in total. The maximum atomic E-state index is 11.6. The lowest BCUT2D eigenvalue weighted by atomic mass is 9.93. The molecule has 0 spiro atoms. The van der Waals surface area contributed by atoms with Crippen LogP contribution in [0.1, 0.15) is 39.2 Å². The molecule has 7 heteroatoms. The fourth-order valence-corrected chi connectivity index (χ4v) is 1.67. The summed E-state index contributed by atoms with van der Waals surface area (Å²) in [6.45, 7) is 7.38. The summed E-state index contributed by atoms with van der Waals surface area (Å²) < 4.78 is 5.75. The number of hydrogen-bond donors (Lipinski definition) is 3. The Morgan fingerprint density at radius 1 is 1.30 bits per heavy atom. The third-order valence-electron chi connectivity index (χ3n) is 3.04. The van der Waals surface area contributed by atoms with Gasteiger partial charge in [-0.2, -0.15) is 0 Å². The van der Waals surface area contributed by atoms with Crippen LogP contribution >= 0.6 is 0 Å². The van der Waals surface area contributed by atoms with E-state index in [1.165, 1.54) is 0 Å². The van der Waals surface area contributed by atoms with Crippen LogP contribution in [0.5, 0.6) is 5.75 Å². The third kappa shape index (κ3) is 8.65. The van der Waals surface area contributed by atoms with Crippen molar-refractivity contribution in [3.8, 4) is 5.75 Å². The molecule has 0 aliphatic heterocycles. The van der Waals surface area contributed by atoms with Crippen LogP contribution in [0.3, 0.4) is 0 Å². The van der Waals surface area contributed by atoms with Crippen molar-refractivity contribution in [1.29, 1.82) is 0 Å². The fourth-order valence-electron chi connectivity index (χ4n) is 1.67. The van der Waals surface area contributed by atoms with Gasteiger partial charge in [0.15, 0.2) is 0 Å². The van der Waals surface area contributed by atoms with Gasteiger partial charge < -0.3 is 20.5 Å². The molecule has 0 aliphatic rings. The number of aromatic nitrogens is 1. The lowest BCUT2D eigenvalue weighted by Gasteiger charge is -2.19. The van der Waals surface area contributed by atoms with E-state index in [4.69, 9.17) is 9.84 Å². The number of rotatable bonds is 8. The first-order valence-electron chi connectivity index (χ1n) is 7.57. The lowest BCUT2D eigenvalue weighted by molar-refractivity contribution is -0.136. The normalized spacial score (nSPS) is 10.9. The van der Waals surface area contributed by atoms with E-state index in [0.717, 1.165) is 12.0 Å². The summed E-state index contributed by atoms with van der Waals surface area (Å²) in [5.74, 6) is -0.309. The summed E-state index contributed by atoms with van der Waals surface area (Å²) >= 11 is 0. The Morgan fingerprint density at radius 2 is 2.04 bits per heavy atom. The van der Waals surface area contributed by atoms with Crippen LogP contribution in [-0.4, -0.2) is 35.2 Å². The molecule has 0 bridgehead atoms. The number of ether oxygens (including phenoxy) is 1. The molecule has 1 aromatic rings. The first-order valence-corrected chi connectivity index (χ1v) is 7.57. The molecule has 128 valence electrons. The Bertz CT molecular complexity index is 526. The van der Waals surface area contributed by atoms with Crippen molar-refractivity contribution in [3.05, 3.63) is 24.0 Å². The molecular weight excluding hydrogens is 298 g/mol. The summed E-state index contributed by atoms with van der Waals surface area (Å²) in [4.78, 5) is 26.0. The predicted molar refractivity (Wildman–Crippen MR) is 86.3 cm³/mol. The molecule has 0 unspecified atom stereocenters. The molecule has 0 saturated heterocycles. The molecule has 0 aliphatic carbocycles. The average Bonchev–Trinajstić information content (AvgIpc) is 2.44. The van der Waals surface area contributed by atoms with Crippen molar-refractivity contribution in [1.82, 2.24) is 15.6 Å². The molecular formula is C16H25N3O4. The first kappa shape index (κ1) is 18.7. The zero-order valence-corrected chi connectivity index (χ0v) is 13.9. The van der Waals surface area contributed by atoms with Crippen LogP contribution in [0.4, 0.5) is 4.79 Å². The van der Waals surface area contributed by atoms with E-state index in [1.807, 2.05) is 0 Å². The average molecular weight is 323 g/mol. The molecule has 2 amide bonds. The Balaban J connectivity index is 2.44. The molecule has 1 heterocycles. The van der Waals surface area contributed by atoms with Crippen molar-refractivity contribution >= 4 is 12.0 Å². The van der Waals surface area contributed by atoms with Crippen molar-refractivity contribution in [2.75, 3.05) is 13.2 Å². The minimum absolute atomic E-state index is 0.0897. The Morgan fingerprint density at radius 3 is 2.70 bits per heavy atom. The number of urea groups is 1. The van der Waals surface area contributed by atoms with Gasteiger partial charge in [0.05, 0.1) is 19.2 Å². The zero-order valence-electron chi connectivity index (χ0n) is 13.9. The Labute approximate surface area is 136 Å². The van der Waals surface area contributed by atoms with Crippen molar-refractivity contribution in [2.45, 2.75) is 40.2 Å². The second-order valence-electron chi connectivity index (χ2n) is 6.40. The highest BCUT2D eigenvalue weighted by atomic mass is 16.5. The van der Waals surface area contributed by atoms with E-state index in [1.54, 1.807) is 18.5 Å². The van der Waals surface area contributed by atoms with Gasteiger partial charge in [-0.25, -0.2) is 4.79 Å². The molecule has 0 fully saturated rings. The van der Waals surface area contributed by atoms with Crippen molar-refractivity contribution in [3.63, 3.8) is 0 Å². The molecule has 7 nitrogen and oxygen atoms in total. The van der Waals surface area contributed by atoms with Gasteiger partial charge in [-0.05, 0) is 17.9 Å². The van der Waals surface area contributed by atoms with Gasteiger partial charge in [-0.15, -0.1) is 0 Å². The standard InChI is InChI=1S/C16H25N3O4/c1-16(2,3)6-9-23-13-11-17-7-4-12(13)10-19-15(22)18-8-5-14(20)21/h4,7,11H,5-6,8-10H2,1-3H3,(H,20,21)(H2,18,19,22). The highest BCUT2D eigenvalue weighted by Crippen LogP contribution is 2.21. The second kappa shape index (κ2) is 8.97. The number of amides is 2. The predicted octanol–water partition coefficient (Wildman–Crippen LogP) is 2.17. The molecule has 1 aromatic heterocycles. The van der Waals surface area contributed by atoms with Gasteiger partial charge in [0.1, 0.15) is 5.75 Å². The number of hydrogen-bond acceptors (Lipinski definition) is 4. The van der Waals surface area contributed by atoms with E-state index in [-0.39, 0.29) is 24.9 Å². The van der Waals surface area contributed by atoms with Gasteiger partial charge in [-0.3, -0.25) is 9.78 Å². The zero-order chi connectivity index (χ0) is 17.3. The molecule has 23 heavy (non-hydrogen) atoms. The number of carbonyl (C=O) groups is 2. The fraction of sp³-hybridized carbons (Fsp3) is 0.562. The van der Waals surface area contributed by atoms with Crippen molar-refractivity contribution in [2.24, 2.45) is 5.41 Å². The molecule has 0 aromatic carbocycles. The summed E-state index contributed by atoms with van der Waals surface area (Å²) in [5.41, 5.74) is 1.01.